The Labute approximate surface area is 115 Å². The minimum Gasteiger partial charge on any atom is -0.338 e. The summed E-state index contributed by atoms with van der Waals surface area (Å²) in [5, 5.41) is 0. The van der Waals surface area contributed by atoms with Gasteiger partial charge in [0.1, 0.15) is 5.82 Å². The Hall–Kier alpha value is -1.56. The van der Waals surface area contributed by atoms with Crippen LogP contribution in [0.3, 0.4) is 0 Å². The van der Waals surface area contributed by atoms with Gasteiger partial charge in [-0.15, -0.1) is 0 Å². The highest BCUT2D eigenvalue weighted by atomic mass is 19.2. The van der Waals surface area contributed by atoms with Crippen molar-refractivity contribution in [3.8, 4) is 0 Å². The Morgan fingerprint density at radius 2 is 1.90 bits per heavy atom. The van der Waals surface area contributed by atoms with Gasteiger partial charge in [0.15, 0.2) is 11.6 Å². The van der Waals surface area contributed by atoms with E-state index in [1.54, 1.807) is 13.8 Å². The van der Waals surface area contributed by atoms with Crippen LogP contribution < -0.4 is 5.73 Å². The second-order valence-electron chi connectivity index (χ2n) is 5.07. The van der Waals surface area contributed by atoms with Crippen LogP contribution in [0, 0.1) is 17.5 Å². The Bertz CT molecular complexity index is 535. The number of halogens is 3. The number of likely N-dealkylation sites (tertiary alicyclic amines) is 1. The second kappa shape index (κ2) is 5.44. The summed E-state index contributed by atoms with van der Waals surface area (Å²) in [6, 6.07) is 0.402. The molecule has 3 nitrogen and oxygen atoms in total. The van der Waals surface area contributed by atoms with Crippen LogP contribution in [-0.4, -0.2) is 29.4 Å². The lowest BCUT2D eigenvalue weighted by Crippen LogP contribution is -2.55. The summed E-state index contributed by atoms with van der Waals surface area (Å²) in [7, 11) is 0. The summed E-state index contributed by atoms with van der Waals surface area (Å²) in [6.45, 7) is 3.85. The van der Waals surface area contributed by atoms with Crippen LogP contribution in [-0.2, 0) is 4.79 Å². The second-order valence-corrected chi connectivity index (χ2v) is 5.07. The average Bonchev–Trinajstić information content (AvgIpc) is 2.41. The lowest BCUT2D eigenvalue weighted by Gasteiger charge is -2.41. The highest BCUT2D eigenvalue weighted by molar-refractivity contribution is 5.83. The summed E-state index contributed by atoms with van der Waals surface area (Å²) in [6.07, 6.45) is 0.105. The molecule has 2 N–H and O–H groups in total. The van der Waals surface area contributed by atoms with E-state index in [4.69, 9.17) is 5.73 Å². The standard InChI is InChI=1S/C14H17F3N2O/c1-3-19-7(2)8(6-11(18)14(19)20)12-9(15)4-5-10(16)13(12)17/h4-5,7-8,11H,3,6,18H2,1-2H3/t7-,8-,11?/m1/s1. The van der Waals surface area contributed by atoms with Crippen molar-refractivity contribution in [2.24, 2.45) is 5.73 Å². The SMILES string of the molecule is CCN1C(=O)C(N)C[C@@H](c2c(F)ccc(F)c2F)[C@H]1C. The molecule has 2 rings (SSSR count). The fourth-order valence-corrected chi connectivity index (χ4v) is 2.89. The molecular weight excluding hydrogens is 269 g/mol. The van der Waals surface area contributed by atoms with Crippen molar-refractivity contribution in [2.45, 2.75) is 38.3 Å². The van der Waals surface area contributed by atoms with Gasteiger partial charge in [-0.25, -0.2) is 13.2 Å². The van der Waals surface area contributed by atoms with Crippen LogP contribution >= 0.6 is 0 Å². The number of amides is 1. The molecule has 1 aromatic carbocycles. The van der Waals surface area contributed by atoms with Crippen LogP contribution in [0.15, 0.2) is 12.1 Å². The summed E-state index contributed by atoms with van der Waals surface area (Å²) in [4.78, 5) is 13.4. The number of hydrogen-bond donors (Lipinski definition) is 1. The van der Waals surface area contributed by atoms with Crippen LogP contribution in [0.2, 0.25) is 0 Å². The smallest absolute Gasteiger partial charge is 0.239 e. The molecule has 1 saturated heterocycles. The number of nitrogens with two attached hydrogens (primary N) is 1. The van der Waals surface area contributed by atoms with E-state index in [0.29, 0.717) is 6.54 Å². The Morgan fingerprint density at radius 3 is 2.50 bits per heavy atom. The molecule has 3 atom stereocenters. The maximum atomic E-state index is 13.9. The third kappa shape index (κ3) is 2.28. The molecule has 1 amide bonds. The largest absolute Gasteiger partial charge is 0.338 e. The van der Waals surface area contributed by atoms with Crippen LogP contribution in [0.5, 0.6) is 0 Å². The van der Waals surface area contributed by atoms with E-state index in [1.807, 2.05) is 0 Å². The Balaban J connectivity index is 2.47. The van der Waals surface area contributed by atoms with Crippen molar-refractivity contribution in [3.63, 3.8) is 0 Å². The molecule has 0 aromatic heterocycles. The maximum Gasteiger partial charge on any atom is 0.239 e. The van der Waals surface area contributed by atoms with Crippen molar-refractivity contribution in [1.82, 2.24) is 4.90 Å². The number of rotatable bonds is 2. The van der Waals surface area contributed by atoms with Gasteiger partial charge in [0.05, 0.1) is 6.04 Å². The minimum absolute atomic E-state index is 0.105. The third-order valence-electron chi connectivity index (χ3n) is 3.97. The van der Waals surface area contributed by atoms with Gasteiger partial charge in [-0.3, -0.25) is 4.79 Å². The van der Waals surface area contributed by atoms with Crippen molar-refractivity contribution >= 4 is 5.91 Å². The fourth-order valence-electron chi connectivity index (χ4n) is 2.89. The maximum absolute atomic E-state index is 13.9. The molecule has 0 radical (unpaired) electrons. The average molecular weight is 286 g/mol. The van der Waals surface area contributed by atoms with Gasteiger partial charge in [0, 0.05) is 24.1 Å². The molecule has 1 unspecified atom stereocenters. The zero-order valence-corrected chi connectivity index (χ0v) is 11.4. The summed E-state index contributed by atoms with van der Waals surface area (Å²) < 4.78 is 41.1. The minimum atomic E-state index is -1.19. The predicted octanol–water partition coefficient (Wildman–Crippen LogP) is 2.16. The molecule has 20 heavy (non-hydrogen) atoms. The molecule has 1 heterocycles. The topological polar surface area (TPSA) is 46.3 Å². The molecule has 1 aliphatic heterocycles. The molecule has 1 aromatic rings. The number of hydrogen-bond acceptors (Lipinski definition) is 2. The normalized spacial score (nSPS) is 27.0. The van der Waals surface area contributed by atoms with Crippen LogP contribution in [0.25, 0.3) is 0 Å². The number of piperidine rings is 1. The van der Waals surface area contributed by atoms with Crippen molar-refractivity contribution in [1.29, 1.82) is 0 Å². The van der Waals surface area contributed by atoms with E-state index in [2.05, 4.69) is 0 Å². The quantitative estimate of drug-likeness (QED) is 0.847. The molecule has 0 saturated carbocycles. The predicted molar refractivity (Wildman–Crippen MR) is 68.5 cm³/mol. The van der Waals surface area contributed by atoms with Gasteiger partial charge in [0.2, 0.25) is 5.91 Å². The summed E-state index contributed by atoms with van der Waals surface area (Å²) in [5.41, 5.74) is 5.42. The first kappa shape index (κ1) is 14.8. The van der Waals surface area contributed by atoms with Crippen LogP contribution in [0.4, 0.5) is 13.2 Å². The monoisotopic (exact) mass is 286 g/mol. The van der Waals surface area contributed by atoms with Gasteiger partial charge in [-0.2, -0.15) is 0 Å². The number of carbonyl (C=O) groups is 1. The fraction of sp³-hybridized carbons (Fsp3) is 0.500. The van der Waals surface area contributed by atoms with Gasteiger partial charge in [-0.1, -0.05) is 0 Å². The highest BCUT2D eigenvalue weighted by Crippen LogP contribution is 2.36. The van der Waals surface area contributed by atoms with Crippen LogP contribution in [0.1, 0.15) is 31.7 Å². The molecule has 110 valence electrons. The van der Waals surface area contributed by atoms with Crippen molar-refractivity contribution in [3.05, 3.63) is 35.1 Å². The molecule has 0 aliphatic carbocycles. The van der Waals surface area contributed by atoms with Gasteiger partial charge in [-0.05, 0) is 32.4 Å². The Kier molecular flexibility index (Phi) is 4.04. The highest BCUT2D eigenvalue weighted by Gasteiger charge is 2.40. The molecule has 1 fully saturated rings. The van der Waals surface area contributed by atoms with E-state index < -0.39 is 35.5 Å². The van der Waals surface area contributed by atoms with E-state index in [1.165, 1.54) is 4.90 Å². The first-order chi connectivity index (χ1) is 9.38. The van der Waals surface area contributed by atoms with Gasteiger partial charge >= 0.3 is 0 Å². The summed E-state index contributed by atoms with van der Waals surface area (Å²) in [5.74, 6) is -3.99. The van der Waals surface area contributed by atoms with E-state index in [0.717, 1.165) is 12.1 Å². The number of carbonyl (C=O) groups excluding carboxylic acids is 1. The zero-order chi connectivity index (χ0) is 15.0. The zero-order valence-electron chi connectivity index (χ0n) is 11.4. The third-order valence-corrected chi connectivity index (χ3v) is 3.97. The van der Waals surface area contributed by atoms with Gasteiger partial charge < -0.3 is 10.6 Å². The van der Waals surface area contributed by atoms with E-state index in [9.17, 15) is 18.0 Å². The first-order valence-electron chi connectivity index (χ1n) is 6.57. The van der Waals surface area contributed by atoms with E-state index >= 15 is 0 Å². The molecule has 0 spiro atoms. The number of benzene rings is 1. The number of nitrogens with zero attached hydrogens (tertiary/aromatic N) is 1. The molecule has 0 bridgehead atoms. The van der Waals surface area contributed by atoms with Crippen molar-refractivity contribution in [2.75, 3.05) is 6.54 Å². The lowest BCUT2D eigenvalue weighted by atomic mass is 9.81. The lowest BCUT2D eigenvalue weighted by molar-refractivity contribution is -0.138. The molecule has 6 heteroatoms. The number of likely N-dealkylation sites (N-methyl/N-ethyl adjacent to an activating group) is 1. The molecular formula is C14H17F3N2O. The van der Waals surface area contributed by atoms with Crippen molar-refractivity contribution < 1.29 is 18.0 Å². The first-order valence-corrected chi connectivity index (χ1v) is 6.57. The van der Waals surface area contributed by atoms with Gasteiger partial charge in [0.25, 0.3) is 0 Å². The summed E-state index contributed by atoms with van der Waals surface area (Å²) >= 11 is 0. The van der Waals surface area contributed by atoms with E-state index in [-0.39, 0.29) is 17.9 Å². The molecule has 1 aliphatic rings. The Morgan fingerprint density at radius 1 is 1.30 bits per heavy atom.